The summed E-state index contributed by atoms with van der Waals surface area (Å²) >= 11 is 0. The van der Waals surface area contributed by atoms with Crippen LogP contribution in [-0.2, 0) is 0 Å². The van der Waals surface area contributed by atoms with Gasteiger partial charge < -0.3 is 14.7 Å². The van der Waals surface area contributed by atoms with Crippen molar-refractivity contribution in [3.63, 3.8) is 0 Å². The van der Waals surface area contributed by atoms with Crippen LogP contribution in [0, 0.1) is 34.6 Å². The van der Waals surface area contributed by atoms with Crippen LogP contribution in [0.2, 0.25) is 0 Å². The third-order valence-electron chi connectivity index (χ3n) is 21.2. The number of nitrogens with zero attached hydrogens (tertiary/aromatic N) is 3. The second kappa shape index (κ2) is 26.1. The van der Waals surface area contributed by atoms with E-state index in [1.54, 1.807) is 0 Å². The van der Waals surface area contributed by atoms with Crippen molar-refractivity contribution in [3.8, 4) is 22.3 Å². The number of rotatable bonds is 15. The van der Waals surface area contributed by atoms with E-state index in [4.69, 9.17) is 0 Å². The lowest BCUT2D eigenvalue weighted by Crippen LogP contribution is -2.75. The molecule has 0 N–H and O–H groups in total. The van der Waals surface area contributed by atoms with E-state index in [9.17, 15) is 0 Å². The van der Waals surface area contributed by atoms with E-state index >= 15 is 0 Å². The Bertz CT molecular complexity index is 5320. The van der Waals surface area contributed by atoms with Gasteiger partial charge in [0.2, 0.25) is 0 Å². The molecule has 0 radical (unpaired) electrons. The standard InChI is InChI=1S/C95H76BN3Si2/c1-67-43-51-74(52-44-67)97(75-53-45-68(2)46-54-75)77-64-92-94-93(65-77)99(95-86(72-27-12-6-13-28-72)61-71(5)62-87(95)73-29-14-7-15-30-73)90-42-25-24-41-88(90)96(94)89-60-59-85(101(80-36-20-10-21-37-80,81-38-22-11-23-39-81)83-57-49-70(4)50-58-83)66-91(89)98(92)76-31-26-40-84(63-76)100(78-32-16-8-17-33-78,79-34-18-9-19-35-79)82-55-47-69(3)48-56-82/h6-66H,1-5H3. The first-order valence-electron chi connectivity index (χ1n) is 35.3. The molecule has 0 bridgehead atoms. The van der Waals surface area contributed by atoms with E-state index in [2.05, 4.69) is 419 Å². The van der Waals surface area contributed by atoms with Gasteiger partial charge in [0.15, 0.2) is 16.1 Å². The Balaban J connectivity index is 1.05. The zero-order valence-electron chi connectivity index (χ0n) is 57.6. The number of hydrogen-bond acceptors (Lipinski definition) is 3. The highest BCUT2D eigenvalue weighted by molar-refractivity contribution is 7.20. The molecule has 3 nitrogen and oxygen atoms in total. The minimum absolute atomic E-state index is 0.207. The van der Waals surface area contributed by atoms with Gasteiger partial charge in [-0.25, -0.2) is 0 Å². The van der Waals surface area contributed by atoms with Crippen molar-refractivity contribution in [2.24, 2.45) is 0 Å². The zero-order valence-corrected chi connectivity index (χ0v) is 59.6. The highest BCUT2D eigenvalue weighted by Gasteiger charge is 2.49. The summed E-state index contributed by atoms with van der Waals surface area (Å²) in [6, 6.07) is 142. The molecular weight excluding hydrogens is 1250 g/mol. The predicted octanol–water partition coefficient (Wildman–Crippen LogP) is 16.9. The summed E-state index contributed by atoms with van der Waals surface area (Å²) in [5, 5.41) is 10.6. The van der Waals surface area contributed by atoms with Crippen molar-refractivity contribution < 1.29 is 0 Å². The summed E-state index contributed by atoms with van der Waals surface area (Å²) in [4.78, 5) is 7.86. The van der Waals surface area contributed by atoms with Crippen molar-refractivity contribution in [1.82, 2.24) is 0 Å². The Hall–Kier alpha value is -11.8. The monoisotopic (exact) mass is 1330 g/mol. The molecule has 0 saturated carbocycles. The van der Waals surface area contributed by atoms with Gasteiger partial charge in [-0.3, -0.25) is 0 Å². The van der Waals surface area contributed by atoms with E-state index in [1.807, 2.05) is 0 Å². The molecular formula is C95H76BN3Si2. The lowest BCUT2D eigenvalue weighted by atomic mass is 9.33. The Kier molecular flexibility index (Phi) is 16.2. The zero-order chi connectivity index (χ0) is 68.2. The normalized spacial score (nSPS) is 12.3. The topological polar surface area (TPSA) is 9.72 Å². The van der Waals surface area contributed by atoms with Gasteiger partial charge in [-0.15, -0.1) is 0 Å². The molecule has 0 unspecified atom stereocenters. The fourth-order valence-corrected chi connectivity index (χ4v) is 26.1. The van der Waals surface area contributed by atoms with Crippen molar-refractivity contribution in [2.45, 2.75) is 34.6 Å². The Morgan fingerprint density at radius 1 is 0.248 bits per heavy atom. The first-order valence-corrected chi connectivity index (χ1v) is 39.3. The van der Waals surface area contributed by atoms with Gasteiger partial charge in [0, 0.05) is 50.9 Å². The fraction of sp³-hybridized carbons (Fsp3) is 0.0526. The van der Waals surface area contributed by atoms with Crippen molar-refractivity contribution in [3.05, 3.63) is 398 Å². The molecule has 15 aromatic rings. The number of aryl methyl sites for hydroxylation is 5. The Labute approximate surface area is 597 Å². The molecule has 2 heterocycles. The van der Waals surface area contributed by atoms with E-state index in [0.29, 0.717) is 0 Å². The number of benzene rings is 15. The van der Waals surface area contributed by atoms with Crippen LogP contribution in [0.5, 0.6) is 0 Å². The number of hydrogen-bond donors (Lipinski definition) is 0. The Morgan fingerprint density at radius 3 is 1.06 bits per heavy atom. The van der Waals surface area contributed by atoms with Gasteiger partial charge in [0.25, 0.3) is 6.71 Å². The molecule has 0 aliphatic carbocycles. The molecule has 101 heavy (non-hydrogen) atoms. The molecule has 0 amide bonds. The van der Waals surface area contributed by atoms with Gasteiger partial charge in [0.1, 0.15) is 0 Å². The maximum atomic E-state index is 2.70. The average molecular weight is 1330 g/mol. The quantitative estimate of drug-likeness (QED) is 0.0748. The molecule has 15 aromatic carbocycles. The molecule has 0 saturated heterocycles. The van der Waals surface area contributed by atoms with Crippen LogP contribution in [-0.4, -0.2) is 22.9 Å². The van der Waals surface area contributed by atoms with E-state index in [1.165, 1.54) is 85.7 Å². The summed E-state index contributed by atoms with van der Waals surface area (Å²) < 4.78 is 0. The van der Waals surface area contributed by atoms with E-state index in [-0.39, 0.29) is 6.71 Å². The summed E-state index contributed by atoms with van der Waals surface area (Å²) in [7, 11) is -6.33. The second-order valence-electron chi connectivity index (χ2n) is 27.5. The maximum absolute atomic E-state index is 3.18. The largest absolute Gasteiger partial charge is 0.311 e. The van der Waals surface area contributed by atoms with Crippen LogP contribution in [0.25, 0.3) is 22.3 Å². The van der Waals surface area contributed by atoms with E-state index in [0.717, 1.165) is 73.4 Å². The Morgan fingerprint density at radius 2 is 0.604 bits per heavy atom. The molecule has 0 fully saturated rings. The molecule has 0 atom stereocenters. The van der Waals surface area contributed by atoms with Crippen molar-refractivity contribution >= 4 is 132 Å². The van der Waals surface area contributed by atoms with Crippen LogP contribution in [0.1, 0.15) is 27.8 Å². The molecule has 2 aliphatic rings. The van der Waals surface area contributed by atoms with Gasteiger partial charge in [0.05, 0.1) is 11.4 Å². The van der Waals surface area contributed by atoms with Crippen LogP contribution in [0.4, 0.5) is 51.2 Å². The number of anilines is 9. The van der Waals surface area contributed by atoms with Crippen molar-refractivity contribution in [2.75, 3.05) is 14.7 Å². The lowest BCUT2D eigenvalue weighted by molar-refractivity contribution is 1.22. The summed E-state index contributed by atoms with van der Waals surface area (Å²) in [6.07, 6.45) is 0. The van der Waals surface area contributed by atoms with Gasteiger partial charge in [-0.1, -0.05) is 320 Å². The number of fused-ring (bicyclic) bond motifs is 4. The molecule has 2 aliphatic heterocycles. The molecule has 6 heteroatoms. The third kappa shape index (κ3) is 10.8. The third-order valence-corrected chi connectivity index (χ3v) is 30.8. The SMILES string of the molecule is Cc1ccc(N(c2ccc(C)cc2)c2cc3c4c(c2)N(c2c(-c5ccccc5)cc(C)cc2-c2ccccc2)c2ccccc2B4c2ccc([Si](c4ccccc4)(c4ccccc4)c4ccc(C)cc4)cc2N3c2cccc([Si](c3ccccc3)(c3ccccc3)c3ccc(C)cc3)c2)cc1. The van der Waals surface area contributed by atoms with Crippen LogP contribution >= 0.6 is 0 Å². The first-order chi connectivity index (χ1) is 49.6. The maximum Gasteiger partial charge on any atom is 0.252 e. The van der Waals surface area contributed by atoms with Crippen LogP contribution in [0.3, 0.4) is 0 Å². The average Bonchev–Trinajstić information content (AvgIpc) is 0.691. The minimum Gasteiger partial charge on any atom is -0.311 e. The van der Waals surface area contributed by atoms with Crippen LogP contribution < -0.4 is 72.6 Å². The lowest BCUT2D eigenvalue weighted by Gasteiger charge is -2.46. The minimum atomic E-state index is -3.18. The fourth-order valence-electron chi connectivity index (χ4n) is 16.6. The predicted molar refractivity (Wildman–Crippen MR) is 437 cm³/mol. The molecule has 482 valence electrons. The van der Waals surface area contributed by atoms with Crippen LogP contribution in [0.15, 0.2) is 370 Å². The first kappa shape index (κ1) is 62.7. The summed E-state index contributed by atoms with van der Waals surface area (Å²) in [6.45, 7) is 10.8. The molecule has 17 rings (SSSR count). The number of para-hydroxylation sites is 1. The summed E-state index contributed by atoms with van der Waals surface area (Å²) in [5.74, 6) is 0. The van der Waals surface area contributed by atoms with Gasteiger partial charge >= 0.3 is 0 Å². The highest BCUT2D eigenvalue weighted by Crippen LogP contribution is 2.52. The smallest absolute Gasteiger partial charge is 0.252 e. The van der Waals surface area contributed by atoms with E-state index < -0.39 is 16.1 Å². The molecule has 0 spiro atoms. The molecule has 0 aromatic heterocycles. The van der Waals surface area contributed by atoms with Crippen molar-refractivity contribution in [1.29, 1.82) is 0 Å². The van der Waals surface area contributed by atoms with Gasteiger partial charge in [-0.05, 0) is 182 Å². The summed E-state index contributed by atoms with van der Waals surface area (Å²) in [5.41, 5.74) is 24.4. The highest BCUT2D eigenvalue weighted by atomic mass is 28.3. The van der Waals surface area contributed by atoms with Gasteiger partial charge in [-0.2, -0.15) is 0 Å². The second-order valence-corrected chi connectivity index (χ2v) is 35.1.